The molecule has 112 valence electrons. The monoisotopic (exact) mass is 318 g/mol. The van der Waals surface area contributed by atoms with Crippen molar-refractivity contribution in [2.24, 2.45) is 0 Å². The van der Waals surface area contributed by atoms with Crippen molar-refractivity contribution < 1.29 is 9.18 Å². The van der Waals surface area contributed by atoms with E-state index in [9.17, 15) is 9.18 Å². The van der Waals surface area contributed by atoms with Gasteiger partial charge < -0.3 is 5.32 Å². The predicted molar refractivity (Wildman–Crippen MR) is 80.4 cm³/mol. The molecule has 0 saturated heterocycles. The number of nitrogens with one attached hydrogen (secondary N) is 1. The molecule has 0 saturated carbocycles. The fraction of sp³-hybridized carbons (Fsp3) is 0.133. The number of carbonyl (C=O) groups is 1. The first kappa shape index (κ1) is 14.5. The first-order valence-electron chi connectivity index (χ1n) is 6.67. The van der Waals surface area contributed by atoms with Crippen LogP contribution in [0.4, 0.5) is 4.39 Å². The molecule has 3 rings (SSSR count). The van der Waals surface area contributed by atoms with Crippen LogP contribution in [0.25, 0.3) is 5.65 Å². The number of benzene rings is 1. The smallest absolute Gasteiger partial charge is 0.252 e. The van der Waals surface area contributed by atoms with E-state index in [-0.39, 0.29) is 16.5 Å². The number of rotatable bonds is 4. The summed E-state index contributed by atoms with van der Waals surface area (Å²) in [5, 5.41) is 10.9. The van der Waals surface area contributed by atoms with Crippen molar-refractivity contribution in [1.82, 2.24) is 19.9 Å². The molecule has 1 N–H and O–H groups in total. The molecule has 0 aliphatic heterocycles. The predicted octanol–water partition coefficient (Wildman–Crippen LogP) is 2.49. The van der Waals surface area contributed by atoms with Crippen LogP contribution in [0.1, 0.15) is 16.2 Å². The molecule has 2 heterocycles. The summed E-state index contributed by atoms with van der Waals surface area (Å²) in [6, 6.07) is 9.30. The topological polar surface area (TPSA) is 59.3 Å². The first-order valence-corrected chi connectivity index (χ1v) is 7.05. The molecule has 5 nitrogen and oxygen atoms in total. The minimum absolute atomic E-state index is 0.0884. The van der Waals surface area contributed by atoms with E-state index in [0.29, 0.717) is 13.0 Å². The SMILES string of the molecule is O=C(NCCc1nnc2ccccn12)c1ccc(F)cc1Cl. The van der Waals surface area contributed by atoms with Crippen molar-refractivity contribution in [2.45, 2.75) is 6.42 Å². The Morgan fingerprint density at radius 3 is 2.95 bits per heavy atom. The van der Waals surface area contributed by atoms with Gasteiger partial charge in [-0.2, -0.15) is 0 Å². The average molecular weight is 319 g/mol. The maximum atomic E-state index is 13.0. The lowest BCUT2D eigenvalue weighted by Gasteiger charge is -2.06. The van der Waals surface area contributed by atoms with Gasteiger partial charge in [-0.15, -0.1) is 10.2 Å². The van der Waals surface area contributed by atoms with Gasteiger partial charge in [0.25, 0.3) is 5.91 Å². The van der Waals surface area contributed by atoms with E-state index >= 15 is 0 Å². The summed E-state index contributed by atoms with van der Waals surface area (Å²) in [5.74, 6) is -0.0728. The second-order valence-corrected chi connectivity index (χ2v) is 5.08. The highest BCUT2D eigenvalue weighted by Gasteiger charge is 2.11. The zero-order valence-corrected chi connectivity index (χ0v) is 12.2. The molecule has 0 bridgehead atoms. The average Bonchev–Trinajstić information content (AvgIpc) is 2.90. The minimum Gasteiger partial charge on any atom is -0.352 e. The van der Waals surface area contributed by atoms with Crippen LogP contribution in [-0.2, 0) is 6.42 Å². The Bertz CT molecular complexity index is 833. The van der Waals surface area contributed by atoms with Crippen LogP contribution >= 0.6 is 11.6 Å². The highest BCUT2D eigenvalue weighted by Crippen LogP contribution is 2.16. The molecule has 3 aromatic rings. The molecule has 1 amide bonds. The molecule has 0 aliphatic carbocycles. The third-order valence-electron chi connectivity index (χ3n) is 3.19. The van der Waals surface area contributed by atoms with Crippen molar-refractivity contribution >= 4 is 23.2 Å². The van der Waals surface area contributed by atoms with Crippen LogP contribution < -0.4 is 5.32 Å². The minimum atomic E-state index is -0.475. The molecule has 0 spiro atoms. The molecule has 1 aromatic carbocycles. The van der Waals surface area contributed by atoms with E-state index in [1.54, 1.807) is 0 Å². The second kappa shape index (κ2) is 6.11. The number of nitrogens with zero attached hydrogens (tertiary/aromatic N) is 3. The Kier molecular flexibility index (Phi) is 4.02. The molecule has 0 radical (unpaired) electrons. The largest absolute Gasteiger partial charge is 0.352 e. The molecular weight excluding hydrogens is 307 g/mol. The van der Waals surface area contributed by atoms with Crippen molar-refractivity contribution in [2.75, 3.05) is 6.54 Å². The van der Waals surface area contributed by atoms with Gasteiger partial charge in [-0.25, -0.2) is 4.39 Å². The molecule has 0 unspecified atom stereocenters. The van der Waals surface area contributed by atoms with Gasteiger partial charge in [-0.05, 0) is 30.3 Å². The quantitative estimate of drug-likeness (QED) is 0.804. The number of fused-ring (bicyclic) bond motifs is 1. The van der Waals surface area contributed by atoms with Gasteiger partial charge >= 0.3 is 0 Å². The molecule has 22 heavy (non-hydrogen) atoms. The van der Waals surface area contributed by atoms with Crippen molar-refractivity contribution in [3.8, 4) is 0 Å². The van der Waals surface area contributed by atoms with Gasteiger partial charge in [0.1, 0.15) is 11.6 Å². The highest BCUT2D eigenvalue weighted by molar-refractivity contribution is 6.33. The van der Waals surface area contributed by atoms with E-state index in [4.69, 9.17) is 11.6 Å². The Morgan fingerprint density at radius 2 is 2.14 bits per heavy atom. The lowest BCUT2D eigenvalue weighted by Crippen LogP contribution is -2.26. The first-order chi connectivity index (χ1) is 10.6. The van der Waals surface area contributed by atoms with Crippen molar-refractivity contribution in [3.05, 3.63) is 64.8 Å². The summed E-state index contributed by atoms with van der Waals surface area (Å²) < 4.78 is 14.8. The normalized spacial score (nSPS) is 10.8. The van der Waals surface area contributed by atoms with E-state index in [0.717, 1.165) is 17.5 Å². The van der Waals surface area contributed by atoms with Crippen LogP contribution in [0.3, 0.4) is 0 Å². The fourth-order valence-corrected chi connectivity index (χ4v) is 2.37. The third kappa shape index (κ3) is 2.92. The Labute approximate surface area is 130 Å². The zero-order valence-electron chi connectivity index (χ0n) is 11.5. The summed E-state index contributed by atoms with van der Waals surface area (Å²) in [6.45, 7) is 0.377. The Hall–Kier alpha value is -2.47. The van der Waals surface area contributed by atoms with Gasteiger partial charge in [0.15, 0.2) is 5.65 Å². The van der Waals surface area contributed by atoms with E-state index in [1.165, 1.54) is 12.1 Å². The lowest BCUT2D eigenvalue weighted by molar-refractivity contribution is 0.0954. The van der Waals surface area contributed by atoms with Crippen LogP contribution in [0.5, 0.6) is 0 Å². The van der Waals surface area contributed by atoms with Gasteiger partial charge in [-0.1, -0.05) is 17.7 Å². The number of hydrogen-bond acceptors (Lipinski definition) is 3. The highest BCUT2D eigenvalue weighted by atomic mass is 35.5. The van der Waals surface area contributed by atoms with Crippen LogP contribution in [-0.4, -0.2) is 27.0 Å². The molecule has 0 aliphatic rings. The lowest BCUT2D eigenvalue weighted by atomic mass is 10.2. The number of aromatic nitrogens is 3. The summed E-state index contributed by atoms with van der Waals surface area (Å²) in [7, 11) is 0. The Morgan fingerprint density at radius 1 is 1.27 bits per heavy atom. The number of amides is 1. The summed E-state index contributed by atoms with van der Waals surface area (Å²) in [4.78, 5) is 12.0. The third-order valence-corrected chi connectivity index (χ3v) is 3.51. The molecular formula is C15H12ClFN4O. The second-order valence-electron chi connectivity index (χ2n) is 4.68. The maximum Gasteiger partial charge on any atom is 0.252 e. The van der Waals surface area contributed by atoms with Crippen LogP contribution in [0.2, 0.25) is 5.02 Å². The summed E-state index contributed by atoms with van der Waals surface area (Å²) in [6.07, 6.45) is 2.39. The number of hydrogen-bond donors (Lipinski definition) is 1. The van der Waals surface area contributed by atoms with E-state index in [1.807, 2.05) is 28.8 Å². The summed E-state index contributed by atoms with van der Waals surface area (Å²) >= 11 is 5.85. The van der Waals surface area contributed by atoms with Gasteiger partial charge in [0.2, 0.25) is 0 Å². The number of halogens is 2. The molecule has 0 atom stereocenters. The molecule has 2 aromatic heterocycles. The van der Waals surface area contributed by atoms with Crippen molar-refractivity contribution in [1.29, 1.82) is 0 Å². The van der Waals surface area contributed by atoms with E-state index < -0.39 is 5.82 Å². The number of pyridine rings is 1. The summed E-state index contributed by atoms with van der Waals surface area (Å²) in [5.41, 5.74) is 1.000. The van der Waals surface area contributed by atoms with Crippen LogP contribution in [0, 0.1) is 5.82 Å². The van der Waals surface area contributed by atoms with Crippen molar-refractivity contribution in [3.63, 3.8) is 0 Å². The number of carbonyl (C=O) groups excluding carboxylic acids is 1. The van der Waals surface area contributed by atoms with Gasteiger partial charge in [0.05, 0.1) is 10.6 Å². The molecule has 7 heteroatoms. The van der Waals surface area contributed by atoms with Crippen LogP contribution in [0.15, 0.2) is 42.6 Å². The van der Waals surface area contributed by atoms with Gasteiger partial charge in [0, 0.05) is 19.2 Å². The molecule has 0 fully saturated rings. The van der Waals surface area contributed by atoms with E-state index in [2.05, 4.69) is 15.5 Å². The zero-order chi connectivity index (χ0) is 15.5. The standard InChI is InChI=1S/C15H12ClFN4O/c16-12-9-10(17)4-5-11(12)15(22)18-7-6-14-20-19-13-3-1-2-8-21(13)14/h1-5,8-9H,6-7H2,(H,18,22). The fourth-order valence-electron chi connectivity index (χ4n) is 2.12. The Balaban J connectivity index is 1.64. The van der Waals surface area contributed by atoms with Gasteiger partial charge in [-0.3, -0.25) is 9.20 Å². The maximum absolute atomic E-state index is 13.0.